The Hall–Kier alpha value is -2.38. The van der Waals surface area contributed by atoms with Gasteiger partial charge in [-0.2, -0.15) is 0 Å². The maximum absolute atomic E-state index is 11.3. The predicted octanol–water partition coefficient (Wildman–Crippen LogP) is 0.604. The van der Waals surface area contributed by atoms with E-state index in [9.17, 15) is 14.9 Å². The van der Waals surface area contributed by atoms with E-state index in [0.717, 1.165) is 0 Å². The molecule has 0 aliphatic carbocycles. The highest BCUT2D eigenvalue weighted by molar-refractivity contribution is 5.81. The van der Waals surface area contributed by atoms with Gasteiger partial charge in [-0.1, -0.05) is 0 Å². The molecule has 8 nitrogen and oxygen atoms in total. The lowest BCUT2D eigenvalue weighted by Gasteiger charge is -2.17. The van der Waals surface area contributed by atoms with Gasteiger partial charge < -0.3 is 15.5 Å². The van der Waals surface area contributed by atoms with Crippen molar-refractivity contribution in [1.29, 1.82) is 0 Å². The summed E-state index contributed by atoms with van der Waals surface area (Å²) in [5, 5.41) is 16.4. The second-order valence-electron chi connectivity index (χ2n) is 3.86. The average Bonchev–Trinajstić information content (AvgIpc) is 2.38. The molecule has 0 aliphatic heterocycles. The molecular formula is C11H17N5O3. The van der Waals surface area contributed by atoms with Crippen LogP contribution in [0, 0.1) is 10.1 Å². The van der Waals surface area contributed by atoms with E-state index in [0.29, 0.717) is 12.4 Å². The smallest absolute Gasteiger partial charge is 0.311 e. The Morgan fingerprint density at radius 2 is 2.21 bits per heavy atom. The molecule has 0 radical (unpaired) electrons. The molecule has 0 atom stereocenters. The summed E-state index contributed by atoms with van der Waals surface area (Å²) in [7, 11) is 3.09. The molecule has 0 unspecified atom stereocenters. The molecular weight excluding hydrogens is 250 g/mol. The van der Waals surface area contributed by atoms with Gasteiger partial charge in [-0.05, 0) is 13.0 Å². The van der Waals surface area contributed by atoms with Gasteiger partial charge in [0.15, 0.2) is 0 Å². The fourth-order valence-corrected chi connectivity index (χ4v) is 1.51. The number of anilines is 2. The van der Waals surface area contributed by atoms with Crippen molar-refractivity contribution in [2.45, 2.75) is 6.92 Å². The molecule has 1 rings (SSSR count). The maximum Gasteiger partial charge on any atom is 0.311 e. The number of nitro groups is 1. The van der Waals surface area contributed by atoms with E-state index in [1.54, 1.807) is 13.1 Å². The number of carbonyl (C=O) groups excluding carboxylic acids is 1. The lowest BCUT2D eigenvalue weighted by atomic mass is 10.3. The van der Waals surface area contributed by atoms with E-state index in [1.807, 2.05) is 6.92 Å². The van der Waals surface area contributed by atoms with Gasteiger partial charge in [-0.25, -0.2) is 4.98 Å². The predicted molar refractivity (Wildman–Crippen MR) is 72.4 cm³/mol. The highest BCUT2D eigenvalue weighted by Gasteiger charge is 2.20. The minimum absolute atomic E-state index is 0.0000810. The normalized spacial score (nSPS) is 9.84. The first kappa shape index (κ1) is 14.7. The number of likely N-dealkylation sites (N-methyl/N-ethyl adjacent to an activating group) is 2. The summed E-state index contributed by atoms with van der Waals surface area (Å²) >= 11 is 0. The number of nitrogens with one attached hydrogen (secondary N) is 2. The van der Waals surface area contributed by atoms with Gasteiger partial charge in [-0.3, -0.25) is 14.9 Å². The summed E-state index contributed by atoms with van der Waals surface area (Å²) < 4.78 is 0. The van der Waals surface area contributed by atoms with Crippen LogP contribution in [0.4, 0.5) is 17.3 Å². The number of nitrogens with zero attached hydrogens (tertiary/aromatic N) is 3. The van der Waals surface area contributed by atoms with Crippen LogP contribution in [0.5, 0.6) is 0 Å². The van der Waals surface area contributed by atoms with E-state index in [1.165, 1.54) is 18.0 Å². The van der Waals surface area contributed by atoms with Crippen LogP contribution in [0.15, 0.2) is 12.1 Å². The number of carbonyl (C=O) groups is 1. The topological polar surface area (TPSA) is 100 Å². The summed E-state index contributed by atoms with van der Waals surface area (Å²) in [6, 6.07) is 2.92. The van der Waals surface area contributed by atoms with Crippen molar-refractivity contribution in [3.63, 3.8) is 0 Å². The number of rotatable bonds is 6. The molecule has 0 saturated heterocycles. The van der Waals surface area contributed by atoms with Gasteiger partial charge in [0.05, 0.1) is 11.5 Å². The molecule has 1 aromatic heterocycles. The summed E-state index contributed by atoms with van der Waals surface area (Å²) in [6.45, 7) is 2.56. The van der Waals surface area contributed by atoms with Gasteiger partial charge in [-0.15, -0.1) is 0 Å². The molecule has 19 heavy (non-hydrogen) atoms. The molecule has 0 fully saturated rings. The molecule has 1 aromatic rings. The van der Waals surface area contributed by atoms with Gasteiger partial charge in [0.1, 0.15) is 5.82 Å². The highest BCUT2D eigenvalue weighted by Crippen LogP contribution is 2.26. The Bertz CT molecular complexity index is 477. The molecule has 1 amide bonds. The Morgan fingerprint density at radius 1 is 1.53 bits per heavy atom. The van der Waals surface area contributed by atoms with Crippen LogP contribution in [0.3, 0.4) is 0 Å². The van der Waals surface area contributed by atoms with E-state index >= 15 is 0 Å². The molecule has 104 valence electrons. The van der Waals surface area contributed by atoms with Crippen LogP contribution in [0.1, 0.15) is 6.92 Å². The van der Waals surface area contributed by atoms with Crippen LogP contribution < -0.4 is 15.5 Å². The third kappa shape index (κ3) is 3.80. The second kappa shape index (κ2) is 6.53. The van der Waals surface area contributed by atoms with Crippen molar-refractivity contribution < 1.29 is 9.72 Å². The molecule has 0 saturated carbocycles. The second-order valence-corrected chi connectivity index (χ2v) is 3.86. The number of hydrogen-bond acceptors (Lipinski definition) is 6. The van der Waals surface area contributed by atoms with Crippen molar-refractivity contribution in [3.8, 4) is 0 Å². The zero-order valence-electron chi connectivity index (χ0n) is 11.1. The largest absolute Gasteiger partial charge is 0.370 e. The number of amides is 1. The third-order valence-corrected chi connectivity index (χ3v) is 2.43. The fourth-order valence-electron chi connectivity index (χ4n) is 1.51. The Morgan fingerprint density at radius 3 is 2.74 bits per heavy atom. The molecule has 0 aliphatic rings. The number of hydrogen-bond donors (Lipinski definition) is 2. The minimum atomic E-state index is -0.515. The van der Waals surface area contributed by atoms with Crippen LogP contribution in [0.2, 0.25) is 0 Å². The van der Waals surface area contributed by atoms with E-state index < -0.39 is 4.92 Å². The molecule has 8 heteroatoms. The lowest BCUT2D eigenvalue weighted by Crippen LogP contribution is -2.33. The van der Waals surface area contributed by atoms with Crippen molar-refractivity contribution in [3.05, 3.63) is 22.2 Å². The van der Waals surface area contributed by atoms with Crippen molar-refractivity contribution >= 4 is 23.2 Å². The van der Waals surface area contributed by atoms with Gasteiger partial charge in [0, 0.05) is 26.7 Å². The molecule has 0 aromatic carbocycles. The quantitative estimate of drug-likeness (QED) is 0.578. The molecule has 1 heterocycles. The SMILES string of the molecule is CCNc1ccc([N+](=O)[O-])c(N(C)CC(=O)NC)n1. The summed E-state index contributed by atoms with van der Waals surface area (Å²) in [4.78, 5) is 27.4. The average molecular weight is 267 g/mol. The zero-order chi connectivity index (χ0) is 14.4. The first-order valence-corrected chi connectivity index (χ1v) is 5.80. The van der Waals surface area contributed by atoms with Crippen LogP contribution in [0.25, 0.3) is 0 Å². The summed E-state index contributed by atoms with van der Waals surface area (Å²) in [5.41, 5.74) is -0.131. The zero-order valence-corrected chi connectivity index (χ0v) is 11.1. The molecule has 0 bridgehead atoms. The molecule has 2 N–H and O–H groups in total. The first-order chi connectivity index (χ1) is 8.99. The molecule has 0 spiro atoms. The van der Waals surface area contributed by atoms with Crippen LogP contribution >= 0.6 is 0 Å². The fraction of sp³-hybridized carbons (Fsp3) is 0.455. The standard InChI is InChI=1S/C11H17N5O3/c1-4-13-9-6-5-8(16(18)19)11(14-9)15(3)7-10(17)12-2/h5-6H,4,7H2,1-3H3,(H,12,17)(H,13,14). The summed E-state index contributed by atoms with van der Waals surface area (Å²) in [5.74, 6) is 0.450. The van der Waals surface area contributed by atoms with Crippen molar-refractivity contribution in [1.82, 2.24) is 10.3 Å². The van der Waals surface area contributed by atoms with E-state index in [-0.39, 0.29) is 24.0 Å². The first-order valence-electron chi connectivity index (χ1n) is 5.80. The Balaban J connectivity index is 3.09. The van der Waals surface area contributed by atoms with Crippen LogP contribution in [-0.2, 0) is 4.79 Å². The Kier molecular flexibility index (Phi) is 5.04. The van der Waals surface area contributed by atoms with Crippen molar-refractivity contribution in [2.75, 3.05) is 37.4 Å². The maximum atomic E-state index is 11.3. The van der Waals surface area contributed by atoms with Gasteiger partial charge in [0.2, 0.25) is 11.7 Å². The minimum Gasteiger partial charge on any atom is -0.370 e. The summed E-state index contributed by atoms with van der Waals surface area (Å²) in [6.07, 6.45) is 0. The number of aromatic nitrogens is 1. The third-order valence-electron chi connectivity index (χ3n) is 2.43. The lowest BCUT2D eigenvalue weighted by molar-refractivity contribution is -0.384. The monoisotopic (exact) mass is 267 g/mol. The van der Waals surface area contributed by atoms with Gasteiger partial charge in [0.25, 0.3) is 0 Å². The van der Waals surface area contributed by atoms with E-state index in [2.05, 4.69) is 15.6 Å². The van der Waals surface area contributed by atoms with Crippen molar-refractivity contribution in [2.24, 2.45) is 0 Å². The van der Waals surface area contributed by atoms with Gasteiger partial charge >= 0.3 is 5.69 Å². The van der Waals surface area contributed by atoms with Crippen LogP contribution in [-0.4, -0.2) is 43.0 Å². The number of pyridine rings is 1. The van der Waals surface area contributed by atoms with E-state index in [4.69, 9.17) is 0 Å². The highest BCUT2D eigenvalue weighted by atomic mass is 16.6. The Labute approximate surface area is 111 Å².